The molecule has 5 nitrogen and oxygen atoms in total. The Kier molecular flexibility index (Phi) is 6.14. The highest BCUT2D eigenvalue weighted by molar-refractivity contribution is 7.92. The molecule has 3 rings (SSSR count). The lowest BCUT2D eigenvalue weighted by atomic mass is 9.68. The van der Waals surface area contributed by atoms with Gasteiger partial charge in [-0.3, -0.25) is 9.52 Å². The molecule has 0 spiro atoms. The molecular weight excluding hydrogens is 360 g/mol. The van der Waals surface area contributed by atoms with Gasteiger partial charge in [0.25, 0.3) is 0 Å². The molecule has 2 saturated carbocycles. The maximum absolute atomic E-state index is 13.4. The van der Waals surface area contributed by atoms with Crippen LogP contribution in [-0.4, -0.2) is 26.6 Å². The van der Waals surface area contributed by atoms with Crippen LogP contribution in [0.5, 0.6) is 0 Å². The van der Waals surface area contributed by atoms with Crippen LogP contribution >= 0.6 is 0 Å². The molecule has 0 atom stereocenters. The Balaban J connectivity index is 1.78. The van der Waals surface area contributed by atoms with Crippen molar-refractivity contribution in [1.82, 2.24) is 5.32 Å². The Morgan fingerprint density at radius 2 is 1.59 bits per heavy atom. The van der Waals surface area contributed by atoms with E-state index in [0.717, 1.165) is 56.3 Å². The summed E-state index contributed by atoms with van der Waals surface area (Å²) in [5.41, 5.74) is 1.06. The van der Waals surface area contributed by atoms with Crippen molar-refractivity contribution < 1.29 is 13.2 Å². The van der Waals surface area contributed by atoms with Crippen LogP contribution in [0, 0.1) is 5.92 Å². The van der Waals surface area contributed by atoms with Crippen LogP contribution in [0.4, 0.5) is 5.69 Å². The number of nitrogens with one attached hydrogen (secondary N) is 2. The molecule has 0 heterocycles. The number of carbonyl (C=O) groups excluding carboxylic acids is 1. The van der Waals surface area contributed by atoms with Crippen LogP contribution in [0.2, 0.25) is 0 Å². The molecule has 1 amide bonds. The maximum atomic E-state index is 13.4. The van der Waals surface area contributed by atoms with Crippen LogP contribution in [-0.2, 0) is 20.2 Å². The molecule has 2 aliphatic rings. The first-order chi connectivity index (χ1) is 12.8. The molecule has 0 radical (unpaired) electrons. The molecule has 0 aliphatic heterocycles. The third-order valence-corrected chi connectivity index (χ3v) is 6.84. The van der Waals surface area contributed by atoms with Gasteiger partial charge in [0.05, 0.1) is 11.7 Å². The number of hydrogen-bond acceptors (Lipinski definition) is 3. The van der Waals surface area contributed by atoms with E-state index in [1.165, 1.54) is 19.3 Å². The van der Waals surface area contributed by atoms with Gasteiger partial charge >= 0.3 is 0 Å². The summed E-state index contributed by atoms with van der Waals surface area (Å²) in [6.45, 7) is 2.28. The van der Waals surface area contributed by atoms with Crippen molar-refractivity contribution in [3.63, 3.8) is 0 Å². The lowest BCUT2D eigenvalue weighted by Gasteiger charge is -2.38. The highest BCUT2D eigenvalue weighted by Gasteiger charge is 2.41. The van der Waals surface area contributed by atoms with Crippen molar-refractivity contribution in [2.24, 2.45) is 5.92 Å². The predicted octanol–water partition coefficient (Wildman–Crippen LogP) is 3.95. The topological polar surface area (TPSA) is 75.3 Å². The summed E-state index contributed by atoms with van der Waals surface area (Å²) in [5.74, 6) is 0.919. The fraction of sp³-hybridized carbons (Fsp3) is 0.667. The number of hydrogen-bond donors (Lipinski definition) is 2. The van der Waals surface area contributed by atoms with Gasteiger partial charge in [-0.05, 0) is 62.1 Å². The molecule has 27 heavy (non-hydrogen) atoms. The highest BCUT2D eigenvalue weighted by Crippen LogP contribution is 2.40. The Morgan fingerprint density at radius 1 is 1.00 bits per heavy atom. The zero-order valence-corrected chi connectivity index (χ0v) is 17.3. The van der Waals surface area contributed by atoms with Gasteiger partial charge in [0.15, 0.2) is 0 Å². The number of anilines is 1. The van der Waals surface area contributed by atoms with Crippen molar-refractivity contribution in [2.45, 2.75) is 76.2 Å². The van der Waals surface area contributed by atoms with Gasteiger partial charge in [-0.1, -0.05) is 38.3 Å². The normalized spacial score (nSPS) is 25.6. The molecule has 6 heteroatoms. The summed E-state index contributed by atoms with van der Waals surface area (Å²) < 4.78 is 25.3. The second-order valence-corrected chi connectivity index (χ2v) is 10.3. The second-order valence-electron chi connectivity index (χ2n) is 8.52. The van der Waals surface area contributed by atoms with Gasteiger partial charge in [-0.2, -0.15) is 0 Å². The van der Waals surface area contributed by atoms with Crippen molar-refractivity contribution >= 4 is 21.6 Å². The van der Waals surface area contributed by atoms with Crippen molar-refractivity contribution in [2.75, 3.05) is 11.0 Å². The smallest absolute Gasteiger partial charge is 0.230 e. The average molecular weight is 393 g/mol. The summed E-state index contributed by atoms with van der Waals surface area (Å²) in [6.07, 6.45) is 10.7. The molecule has 0 unspecified atom stereocenters. The van der Waals surface area contributed by atoms with E-state index < -0.39 is 15.4 Å². The van der Waals surface area contributed by atoms with Gasteiger partial charge in [0, 0.05) is 11.7 Å². The van der Waals surface area contributed by atoms with E-state index in [0.29, 0.717) is 11.7 Å². The molecule has 1 aromatic carbocycles. The minimum absolute atomic E-state index is 0.158. The first-order valence-corrected chi connectivity index (χ1v) is 12.1. The summed E-state index contributed by atoms with van der Waals surface area (Å²) in [4.78, 5) is 13.4. The van der Waals surface area contributed by atoms with Gasteiger partial charge in [0.1, 0.15) is 0 Å². The number of benzene rings is 1. The van der Waals surface area contributed by atoms with Gasteiger partial charge in [-0.25, -0.2) is 8.42 Å². The molecule has 150 valence electrons. The Hall–Kier alpha value is -1.56. The summed E-state index contributed by atoms with van der Waals surface area (Å²) in [6, 6.07) is 7.66. The molecule has 0 aromatic heterocycles. The van der Waals surface area contributed by atoms with Crippen molar-refractivity contribution in [3.8, 4) is 0 Å². The quantitative estimate of drug-likeness (QED) is 0.796. The molecule has 2 N–H and O–H groups in total. The number of rotatable bonds is 5. The van der Waals surface area contributed by atoms with E-state index in [1.807, 2.05) is 12.1 Å². The lowest BCUT2D eigenvalue weighted by Crippen LogP contribution is -2.50. The summed E-state index contributed by atoms with van der Waals surface area (Å²) in [7, 11) is -3.30. The largest absolute Gasteiger partial charge is 0.353 e. The van der Waals surface area contributed by atoms with Crippen LogP contribution in [0.3, 0.4) is 0 Å². The first-order valence-electron chi connectivity index (χ1n) is 10.2. The van der Waals surface area contributed by atoms with Crippen LogP contribution in [0.25, 0.3) is 0 Å². The van der Waals surface area contributed by atoms with Crippen molar-refractivity contribution in [1.29, 1.82) is 0 Å². The monoisotopic (exact) mass is 392 g/mol. The van der Waals surface area contributed by atoms with Gasteiger partial charge in [-0.15, -0.1) is 0 Å². The van der Waals surface area contributed by atoms with E-state index in [-0.39, 0.29) is 5.91 Å². The fourth-order valence-electron chi connectivity index (χ4n) is 4.60. The predicted molar refractivity (Wildman–Crippen MR) is 109 cm³/mol. The average Bonchev–Trinajstić information content (AvgIpc) is 2.63. The van der Waals surface area contributed by atoms with Crippen molar-refractivity contribution in [3.05, 3.63) is 29.8 Å². The zero-order valence-electron chi connectivity index (χ0n) is 16.5. The lowest BCUT2D eigenvalue weighted by molar-refractivity contribution is -0.129. The Bertz CT molecular complexity index is 744. The first kappa shape index (κ1) is 20.2. The molecule has 2 fully saturated rings. The fourth-order valence-corrected chi connectivity index (χ4v) is 5.17. The number of sulfonamides is 1. The van der Waals surface area contributed by atoms with E-state index in [9.17, 15) is 13.2 Å². The minimum atomic E-state index is -3.30. The van der Waals surface area contributed by atoms with E-state index in [2.05, 4.69) is 17.0 Å². The zero-order chi connectivity index (χ0) is 19.5. The second kappa shape index (κ2) is 8.21. The van der Waals surface area contributed by atoms with E-state index in [1.54, 1.807) is 12.1 Å². The van der Waals surface area contributed by atoms with Crippen LogP contribution in [0.15, 0.2) is 24.3 Å². The molecule has 0 saturated heterocycles. The minimum Gasteiger partial charge on any atom is -0.353 e. The Labute approximate surface area is 163 Å². The third-order valence-electron chi connectivity index (χ3n) is 6.23. The standard InChI is InChI=1S/C21H32N2O3S/c1-16-6-10-18(11-7-16)22-20(24)21(14-4-3-5-15-21)17-8-12-19(13-9-17)23-27(2,25)26/h8-9,12-13,16,18,23H,3-7,10-11,14-15H2,1-2H3,(H,22,24). The third kappa shape index (κ3) is 5.03. The highest BCUT2D eigenvalue weighted by atomic mass is 32.2. The van der Waals surface area contributed by atoms with Crippen LogP contribution < -0.4 is 10.0 Å². The van der Waals surface area contributed by atoms with E-state index >= 15 is 0 Å². The Morgan fingerprint density at radius 3 is 2.15 bits per heavy atom. The molecule has 2 aliphatic carbocycles. The number of carbonyl (C=O) groups is 1. The van der Waals surface area contributed by atoms with E-state index in [4.69, 9.17) is 0 Å². The maximum Gasteiger partial charge on any atom is 0.230 e. The van der Waals surface area contributed by atoms with Gasteiger partial charge in [0.2, 0.25) is 15.9 Å². The SMILES string of the molecule is CC1CCC(NC(=O)C2(c3ccc(NS(C)(=O)=O)cc3)CCCCC2)CC1. The number of amides is 1. The summed E-state index contributed by atoms with van der Waals surface area (Å²) in [5, 5.41) is 3.35. The summed E-state index contributed by atoms with van der Waals surface area (Å²) >= 11 is 0. The van der Waals surface area contributed by atoms with Gasteiger partial charge < -0.3 is 5.32 Å². The molecule has 0 bridgehead atoms. The van der Waals surface area contributed by atoms with Crippen LogP contribution in [0.1, 0.15) is 70.3 Å². The molecular formula is C21H32N2O3S. The molecule has 1 aromatic rings.